The zero-order valence-electron chi connectivity index (χ0n) is 5.57. The van der Waals surface area contributed by atoms with Crippen molar-refractivity contribution < 1.29 is 18.6 Å². The van der Waals surface area contributed by atoms with E-state index in [0.29, 0.717) is 0 Å². The van der Waals surface area contributed by atoms with Crippen LogP contribution in [0.2, 0.25) is 12.3 Å². The lowest BCUT2D eigenvalue weighted by molar-refractivity contribution is 0.289. The van der Waals surface area contributed by atoms with Crippen LogP contribution in [-0.4, -0.2) is 35.8 Å². The van der Waals surface area contributed by atoms with Gasteiger partial charge in [-0.1, -0.05) is 6.55 Å². The van der Waals surface area contributed by atoms with Crippen molar-refractivity contribution in [1.82, 2.24) is 0 Å². The predicted octanol–water partition coefficient (Wildman–Crippen LogP) is -0.837. The van der Waals surface area contributed by atoms with Gasteiger partial charge in [0.1, 0.15) is 0 Å². The topological polar surface area (TPSA) is 66.8 Å². The summed E-state index contributed by atoms with van der Waals surface area (Å²) in [6.45, 7) is 1.65. The number of hydrogen-bond acceptors (Lipinski definition) is 2. The summed E-state index contributed by atoms with van der Waals surface area (Å²) in [5, 5.41) is 0. The maximum Gasteiger partial charge on any atom is 0.459 e. The predicted molar refractivity (Wildman–Crippen MR) is 40.6 cm³/mol. The number of rotatable bonds is 2. The first kappa shape index (κ1) is 12.5. The molecule has 0 aliphatic rings. The van der Waals surface area contributed by atoms with Gasteiger partial charge >= 0.3 is 7.82 Å². The van der Waals surface area contributed by atoms with Gasteiger partial charge in [-0.2, -0.15) is 0 Å². The van der Waals surface area contributed by atoms with E-state index in [4.69, 9.17) is 9.79 Å². The van der Waals surface area contributed by atoms with Crippen molar-refractivity contribution in [3.05, 3.63) is 0 Å². The average Bonchev–Trinajstić information content (AvgIpc) is 1.69. The van der Waals surface area contributed by atoms with Gasteiger partial charge in [-0.25, -0.2) is 4.57 Å². The van der Waals surface area contributed by atoms with Gasteiger partial charge in [-0.15, -0.1) is 5.79 Å². The van der Waals surface area contributed by atoms with E-state index in [2.05, 4.69) is 4.21 Å². The van der Waals surface area contributed by atoms with Crippen LogP contribution in [0.15, 0.2) is 0 Å². The molecule has 0 aromatic carbocycles. The summed E-state index contributed by atoms with van der Waals surface area (Å²) in [5.41, 5.74) is 0. The lowest BCUT2D eigenvalue weighted by Gasteiger charge is -1.98. The molecule has 0 spiro atoms. The molecular formula is C2H11AlO4PSi. The molecule has 0 rings (SSSR count). The molecule has 0 amide bonds. The SMILES string of the molecule is C[SiH2]OP(=O)(O)O.[CH3][AlH]. The second-order valence-electron chi connectivity index (χ2n) is 0.908. The van der Waals surface area contributed by atoms with Gasteiger partial charge in [-0.3, -0.25) is 0 Å². The summed E-state index contributed by atoms with van der Waals surface area (Å²) in [4.78, 5) is 15.9. The third kappa shape index (κ3) is 17.7. The summed E-state index contributed by atoms with van der Waals surface area (Å²) >= 11 is 1.86. The Kier molecular flexibility index (Phi) is 9.71. The highest BCUT2D eigenvalue weighted by Crippen LogP contribution is 2.34. The molecular weight excluding hydrogens is 174 g/mol. The molecule has 7 heteroatoms. The fraction of sp³-hybridized carbons (Fsp3) is 1.00. The van der Waals surface area contributed by atoms with Crippen molar-refractivity contribution in [2.45, 2.75) is 12.3 Å². The van der Waals surface area contributed by atoms with E-state index < -0.39 is 17.6 Å². The van der Waals surface area contributed by atoms with Crippen LogP contribution < -0.4 is 0 Å². The van der Waals surface area contributed by atoms with Gasteiger partial charge < -0.3 is 14.0 Å². The van der Waals surface area contributed by atoms with Crippen LogP contribution in [0.4, 0.5) is 0 Å². The Balaban J connectivity index is 0. The van der Waals surface area contributed by atoms with E-state index in [9.17, 15) is 4.57 Å². The molecule has 55 valence electrons. The standard InChI is InChI=1S/CH7O4PSi.CH3.Al.H/c1-7-5-6(2,3)4;;;/h7H2,1H3,(H2,2,3,4);1H3;;. The lowest BCUT2D eigenvalue weighted by atomic mass is 11.9. The van der Waals surface area contributed by atoms with Gasteiger partial charge in [0.15, 0.2) is 26.1 Å². The first-order valence-electron chi connectivity index (χ1n) is 2.47. The van der Waals surface area contributed by atoms with Crippen molar-refractivity contribution in [3.8, 4) is 0 Å². The summed E-state index contributed by atoms with van der Waals surface area (Å²) in [6, 6.07) is 0. The lowest BCUT2D eigenvalue weighted by Crippen LogP contribution is -1.88. The molecule has 1 radical (unpaired) electrons. The molecule has 0 unspecified atom stereocenters. The molecule has 0 aromatic rings. The minimum Gasteiger partial charge on any atom is -0.338 e. The third-order valence-corrected chi connectivity index (χ3v) is 2.68. The Bertz CT molecular complexity index is 92.6. The Morgan fingerprint density at radius 2 is 1.89 bits per heavy atom. The third-order valence-electron chi connectivity index (χ3n) is 0.297. The van der Waals surface area contributed by atoms with E-state index in [1.807, 2.05) is 22.1 Å². The second-order valence-corrected chi connectivity index (χ2v) is 3.50. The van der Waals surface area contributed by atoms with Gasteiger partial charge in [-0.05, 0) is 0 Å². The van der Waals surface area contributed by atoms with E-state index in [-0.39, 0.29) is 0 Å². The highest BCUT2D eigenvalue weighted by Gasteiger charge is 2.09. The molecule has 0 aliphatic carbocycles. The van der Waals surface area contributed by atoms with Gasteiger partial charge in [0.2, 0.25) is 0 Å². The van der Waals surface area contributed by atoms with E-state index in [1.165, 1.54) is 0 Å². The smallest absolute Gasteiger partial charge is 0.338 e. The molecule has 0 aromatic heterocycles. The molecule has 0 aliphatic heterocycles. The van der Waals surface area contributed by atoms with Crippen molar-refractivity contribution >= 4 is 33.9 Å². The molecule has 0 heterocycles. The molecule has 0 saturated heterocycles. The van der Waals surface area contributed by atoms with Gasteiger partial charge in [0.05, 0.1) is 0 Å². The largest absolute Gasteiger partial charge is 0.459 e. The molecule has 0 atom stereocenters. The normalized spacial score (nSPS) is 11.1. The maximum atomic E-state index is 9.74. The zero-order chi connectivity index (χ0) is 7.91. The van der Waals surface area contributed by atoms with Crippen LogP contribution in [0.25, 0.3) is 0 Å². The number of phosphoric acid groups is 1. The van der Waals surface area contributed by atoms with Crippen LogP contribution in [-0.2, 0) is 8.78 Å². The highest BCUT2D eigenvalue weighted by atomic mass is 31.2. The summed E-state index contributed by atoms with van der Waals surface area (Å²) < 4.78 is 13.8. The summed E-state index contributed by atoms with van der Waals surface area (Å²) in [5.74, 6) is 2.03. The van der Waals surface area contributed by atoms with Crippen LogP contribution in [0, 0.1) is 0 Å². The van der Waals surface area contributed by atoms with E-state index in [0.717, 1.165) is 0 Å². The monoisotopic (exact) mass is 185 g/mol. The first-order valence-corrected chi connectivity index (χ1v) is 7.40. The molecule has 4 nitrogen and oxygen atoms in total. The maximum absolute atomic E-state index is 9.74. The Labute approximate surface area is 65.2 Å². The zero-order valence-corrected chi connectivity index (χ0v) is 9.30. The van der Waals surface area contributed by atoms with Gasteiger partial charge in [0, 0.05) is 0 Å². The Morgan fingerprint density at radius 1 is 1.56 bits per heavy atom. The van der Waals surface area contributed by atoms with Crippen molar-refractivity contribution in [1.29, 1.82) is 0 Å². The van der Waals surface area contributed by atoms with Crippen molar-refractivity contribution in [2.24, 2.45) is 0 Å². The summed E-state index contributed by atoms with van der Waals surface area (Å²) in [6.07, 6.45) is 0. The van der Waals surface area contributed by atoms with Crippen LogP contribution in [0.3, 0.4) is 0 Å². The van der Waals surface area contributed by atoms with Crippen LogP contribution in [0.1, 0.15) is 0 Å². The summed E-state index contributed by atoms with van der Waals surface area (Å²) in [7, 11) is -5.06. The van der Waals surface area contributed by atoms with Gasteiger partial charge in [0.25, 0.3) is 0 Å². The second kappa shape index (κ2) is 6.97. The highest BCUT2D eigenvalue weighted by molar-refractivity contribution is 7.47. The van der Waals surface area contributed by atoms with E-state index >= 15 is 0 Å². The molecule has 0 fully saturated rings. The van der Waals surface area contributed by atoms with Crippen LogP contribution >= 0.6 is 7.82 Å². The Hall–Kier alpha value is 0.859. The molecule has 0 saturated carbocycles. The fourth-order valence-corrected chi connectivity index (χ4v) is 1.51. The van der Waals surface area contributed by atoms with Crippen LogP contribution in [0.5, 0.6) is 0 Å². The quantitative estimate of drug-likeness (QED) is 0.435. The fourth-order valence-electron chi connectivity index (χ4n) is 0.168. The van der Waals surface area contributed by atoms with Crippen molar-refractivity contribution in [2.75, 3.05) is 0 Å². The minimum absolute atomic E-state index is 0.953. The number of hydrogen-bond donors (Lipinski definition) is 2. The molecule has 9 heavy (non-hydrogen) atoms. The molecule has 2 N–H and O–H groups in total. The van der Waals surface area contributed by atoms with Crippen molar-refractivity contribution in [3.63, 3.8) is 0 Å². The molecule has 0 bridgehead atoms. The average molecular weight is 185 g/mol. The Morgan fingerprint density at radius 3 is 1.89 bits per heavy atom. The first-order chi connectivity index (χ1) is 4.06. The van der Waals surface area contributed by atoms with E-state index in [1.54, 1.807) is 6.55 Å². The minimum atomic E-state index is -4.10.